The maximum atomic E-state index is 12.4. The van der Waals surface area contributed by atoms with Crippen LogP contribution >= 0.6 is 24.8 Å². The quantitative estimate of drug-likeness (QED) is 0.730. The number of nitrogens with one attached hydrogen (secondary N) is 1. The first-order chi connectivity index (χ1) is 12.7. The Kier molecular flexibility index (Phi) is 10.7. The van der Waals surface area contributed by atoms with Gasteiger partial charge in [0.25, 0.3) is 0 Å². The summed E-state index contributed by atoms with van der Waals surface area (Å²) in [6, 6.07) is 4.38. The number of halogens is 2. The van der Waals surface area contributed by atoms with E-state index in [-0.39, 0.29) is 49.1 Å². The van der Waals surface area contributed by atoms with Crippen molar-refractivity contribution in [3.05, 3.63) is 30.1 Å². The van der Waals surface area contributed by atoms with Gasteiger partial charge < -0.3 is 20.9 Å². The Morgan fingerprint density at radius 2 is 1.79 bits per heavy atom. The monoisotopic (exact) mass is 431 g/mol. The molecule has 2 fully saturated rings. The Balaban J connectivity index is 0.00000196. The van der Waals surface area contributed by atoms with E-state index in [0.29, 0.717) is 12.6 Å². The average Bonchev–Trinajstić information content (AvgIpc) is 2.72. The molecule has 1 aromatic heterocycles. The van der Waals surface area contributed by atoms with Crippen molar-refractivity contribution in [2.75, 3.05) is 32.7 Å². The van der Waals surface area contributed by atoms with Gasteiger partial charge in [-0.2, -0.15) is 0 Å². The number of amides is 2. The molecule has 158 valence electrons. The molecule has 0 atom stereocenters. The molecule has 0 unspecified atom stereocenters. The predicted molar refractivity (Wildman–Crippen MR) is 114 cm³/mol. The molecule has 2 saturated heterocycles. The second-order valence-electron chi connectivity index (χ2n) is 7.21. The van der Waals surface area contributed by atoms with Crippen molar-refractivity contribution in [1.82, 2.24) is 20.1 Å². The number of nitrogens with two attached hydrogens (primary N) is 1. The first-order valence-corrected chi connectivity index (χ1v) is 9.56. The van der Waals surface area contributed by atoms with E-state index in [4.69, 9.17) is 5.73 Å². The predicted octanol–water partition coefficient (Wildman–Crippen LogP) is 1.20. The topological polar surface area (TPSA) is 91.6 Å². The normalized spacial score (nSPS) is 18.7. The van der Waals surface area contributed by atoms with Gasteiger partial charge in [0.2, 0.25) is 11.8 Å². The third kappa shape index (κ3) is 6.58. The number of hydrogen-bond acceptors (Lipinski definition) is 5. The van der Waals surface area contributed by atoms with E-state index in [9.17, 15) is 9.59 Å². The summed E-state index contributed by atoms with van der Waals surface area (Å²) in [7, 11) is 0. The number of carbonyl (C=O) groups excluding carboxylic acids is 2. The number of aromatic nitrogens is 1. The van der Waals surface area contributed by atoms with Gasteiger partial charge in [-0.05, 0) is 50.4 Å². The van der Waals surface area contributed by atoms with Crippen molar-refractivity contribution >= 4 is 36.6 Å². The van der Waals surface area contributed by atoms with Gasteiger partial charge in [0.15, 0.2) is 0 Å². The van der Waals surface area contributed by atoms with E-state index in [2.05, 4.69) is 15.2 Å². The van der Waals surface area contributed by atoms with Crippen LogP contribution in [-0.4, -0.2) is 65.4 Å². The maximum absolute atomic E-state index is 12.4. The van der Waals surface area contributed by atoms with Crippen LogP contribution in [0, 0.1) is 5.92 Å². The summed E-state index contributed by atoms with van der Waals surface area (Å²) in [4.78, 5) is 32.5. The fraction of sp³-hybridized carbons (Fsp3) is 0.632. The van der Waals surface area contributed by atoms with Crippen LogP contribution in [0.1, 0.15) is 31.2 Å². The Morgan fingerprint density at radius 1 is 1.11 bits per heavy atom. The molecule has 9 heteroatoms. The van der Waals surface area contributed by atoms with Crippen molar-refractivity contribution in [3.8, 4) is 0 Å². The molecule has 0 aliphatic carbocycles. The lowest BCUT2D eigenvalue weighted by Crippen LogP contribution is -2.50. The minimum atomic E-state index is 0. The van der Waals surface area contributed by atoms with Crippen LogP contribution in [0.15, 0.2) is 24.5 Å². The van der Waals surface area contributed by atoms with Crippen LogP contribution in [-0.2, 0) is 16.1 Å². The molecule has 2 aliphatic heterocycles. The molecule has 1 aromatic rings. The molecular formula is C19H31Cl2N5O2. The number of likely N-dealkylation sites (tertiary alicyclic amines) is 2. The van der Waals surface area contributed by atoms with E-state index in [1.807, 2.05) is 17.0 Å². The van der Waals surface area contributed by atoms with Gasteiger partial charge in [0, 0.05) is 44.0 Å². The lowest BCUT2D eigenvalue weighted by Gasteiger charge is -2.41. The van der Waals surface area contributed by atoms with Gasteiger partial charge in [0.05, 0.1) is 6.54 Å². The lowest BCUT2D eigenvalue weighted by molar-refractivity contribution is -0.132. The second kappa shape index (κ2) is 12.2. The van der Waals surface area contributed by atoms with E-state index < -0.39 is 0 Å². The summed E-state index contributed by atoms with van der Waals surface area (Å²) in [6.07, 6.45) is 7.33. The summed E-state index contributed by atoms with van der Waals surface area (Å²) in [6.45, 7) is 4.16. The van der Waals surface area contributed by atoms with Crippen molar-refractivity contribution in [2.24, 2.45) is 11.7 Å². The molecular weight excluding hydrogens is 401 g/mol. The molecule has 3 N–H and O–H groups in total. The van der Waals surface area contributed by atoms with E-state index in [1.54, 1.807) is 12.4 Å². The van der Waals surface area contributed by atoms with Crippen molar-refractivity contribution in [3.63, 3.8) is 0 Å². The summed E-state index contributed by atoms with van der Waals surface area (Å²) in [5.41, 5.74) is 6.47. The van der Waals surface area contributed by atoms with Crippen LogP contribution in [0.5, 0.6) is 0 Å². The molecule has 2 aliphatic rings. The highest BCUT2D eigenvalue weighted by atomic mass is 35.5. The third-order valence-electron chi connectivity index (χ3n) is 5.60. The van der Waals surface area contributed by atoms with Crippen molar-refractivity contribution in [2.45, 2.75) is 38.3 Å². The Hall–Kier alpha value is -1.41. The average molecular weight is 432 g/mol. The minimum Gasteiger partial charge on any atom is -0.352 e. The fourth-order valence-electron chi connectivity index (χ4n) is 3.97. The third-order valence-corrected chi connectivity index (χ3v) is 5.60. The van der Waals surface area contributed by atoms with Gasteiger partial charge in [0.1, 0.15) is 0 Å². The fourth-order valence-corrected chi connectivity index (χ4v) is 3.97. The standard InChI is InChI=1S/C19H29N5O2.2ClH/c20-12-18(25)24-10-5-17(6-11-24)23-8-3-16(4-9-23)19(26)22-14-15-2-1-7-21-13-15;;/h1-2,7,13,16-17H,3-6,8-12,14,20H2,(H,22,26);2*1H. The lowest BCUT2D eigenvalue weighted by atomic mass is 9.92. The van der Waals surface area contributed by atoms with Crippen LogP contribution in [0.4, 0.5) is 0 Å². The summed E-state index contributed by atoms with van der Waals surface area (Å²) in [5, 5.41) is 3.03. The van der Waals surface area contributed by atoms with Crippen LogP contribution in [0.25, 0.3) is 0 Å². The minimum absolute atomic E-state index is 0. The molecule has 3 rings (SSSR count). The Bertz CT molecular complexity index is 604. The van der Waals surface area contributed by atoms with Gasteiger partial charge in [-0.15, -0.1) is 24.8 Å². The van der Waals surface area contributed by atoms with E-state index >= 15 is 0 Å². The largest absolute Gasteiger partial charge is 0.352 e. The highest BCUT2D eigenvalue weighted by molar-refractivity contribution is 5.85. The molecule has 28 heavy (non-hydrogen) atoms. The van der Waals surface area contributed by atoms with Crippen molar-refractivity contribution in [1.29, 1.82) is 0 Å². The number of pyridine rings is 1. The molecule has 2 amide bonds. The zero-order valence-corrected chi connectivity index (χ0v) is 17.7. The SMILES string of the molecule is Cl.Cl.NCC(=O)N1CCC(N2CCC(C(=O)NCc3cccnc3)CC2)CC1. The maximum Gasteiger partial charge on any atom is 0.236 e. The molecule has 0 radical (unpaired) electrons. The van der Waals surface area contributed by atoms with E-state index in [1.165, 1.54) is 0 Å². The summed E-state index contributed by atoms with van der Waals surface area (Å²) >= 11 is 0. The van der Waals surface area contributed by atoms with Gasteiger partial charge in [-0.25, -0.2) is 0 Å². The number of hydrogen-bond donors (Lipinski definition) is 2. The number of carbonyl (C=O) groups is 2. The molecule has 3 heterocycles. The first-order valence-electron chi connectivity index (χ1n) is 9.56. The van der Waals surface area contributed by atoms with Gasteiger partial charge in [-0.1, -0.05) is 6.07 Å². The first kappa shape index (κ1) is 24.6. The Morgan fingerprint density at radius 3 is 2.36 bits per heavy atom. The Labute approximate surface area is 179 Å². The van der Waals surface area contributed by atoms with Gasteiger partial charge in [-0.3, -0.25) is 14.6 Å². The number of piperidine rings is 2. The molecule has 0 saturated carbocycles. The van der Waals surface area contributed by atoms with Crippen LogP contribution in [0.2, 0.25) is 0 Å². The summed E-state index contributed by atoms with van der Waals surface area (Å²) in [5.74, 6) is 0.297. The van der Waals surface area contributed by atoms with E-state index in [0.717, 1.165) is 57.4 Å². The summed E-state index contributed by atoms with van der Waals surface area (Å²) < 4.78 is 0. The number of rotatable bonds is 5. The molecule has 0 spiro atoms. The van der Waals surface area contributed by atoms with Crippen LogP contribution in [0.3, 0.4) is 0 Å². The van der Waals surface area contributed by atoms with Gasteiger partial charge >= 0.3 is 0 Å². The number of nitrogens with zero attached hydrogens (tertiary/aromatic N) is 3. The smallest absolute Gasteiger partial charge is 0.236 e. The molecule has 0 bridgehead atoms. The molecule has 7 nitrogen and oxygen atoms in total. The zero-order valence-electron chi connectivity index (χ0n) is 16.1. The van der Waals surface area contributed by atoms with Crippen LogP contribution < -0.4 is 11.1 Å². The second-order valence-corrected chi connectivity index (χ2v) is 7.21. The highest BCUT2D eigenvalue weighted by Gasteiger charge is 2.31. The molecule has 0 aromatic carbocycles. The van der Waals surface area contributed by atoms with Crippen molar-refractivity contribution < 1.29 is 9.59 Å². The zero-order chi connectivity index (χ0) is 18.4. The highest BCUT2D eigenvalue weighted by Crippen LogP contribution is 2.24.